The minimum atomic E-state index is -5.85. The van der Waals surface area contributed by atoms with Gasteiger partial charge in [0.15, 0.2) is 0 Å². The van der Waals surface area contributed by atoms with E-state index in [1.807, 2.05) is 6.92 Å². The molecule has 0 aliphatic rings. The van der Waals surface area contributed by atoms with Gasteiger partial charge in [-0.05, 0) is 53.9 Å². The van der Waals surface area contributed by atoms with Crippen LogP contribution in [0.2, 0.25) is 0 Å². The van der Waals surface area contributed by atoms with Crippen LogP contribution in [0.3, 0.4) is 0 Å². The van der Waals surface area contributed by atoms with Crippen molar-refractivity contribution in [3.05, 3.63) is 88.7 Å². The first-order valence-electron chi connectivity index (χ1n) is 9.74. The summed E-state index contributed by atoms with van der Waals surface area (Å²) in [6.45, 7) is 2.36. The van der Waals surface area contributed by atoms with E-state index >= 15 is 0 Å². The van der Waals surface area contributed by atoms with Crippen molar-refractivity contribution in [1.29, 1.82) is 0 Å². The van der Waals surface area contributed by atoms with Gasteiger partial charge < -0.3 is 4.74 Å². The highest BCUT2D eigenvalue weighted by Gasteiger charge is 2.49. The molecule has 0 bridgehead atoms. The summed E-state index contributed by atoms with van der Waals surface area (Å²) >= 11 is 0. The molecular formula is C24H16F8O2. The minimum Gasteiger partial charge on any atom is -0.494 e. The Morgan fingerprint density at radius 1 is 0.735 bits per heavy atom. The van der Waals surface area contributed by atoms with Gasteiger partial charge in [0.05, 0.1) is 6.61 Å². The van der Waals surface area contributed by atoms with Gasteiger partial charge in [0.2, 0.25) is 0 Å². The minimum absolute atomic E-state index is 0.305. The first-order valence-corrected chi connectivity index (χ1v) is 9.74. The quantitative estimate of drug-likeness (QED) is 0.248. The molecule has 3 aromatic rings. The van der Waals surface area contributed by atoms with Gasteiger partial charge in [-0.3, -0.25) is 0 Å². The van der Waals surface area contributed by atoms with Crippen molar-refractivity contribution in [3.8, 4) is 16.9 Å². The van der Waals surface area contributed by atoms with Crippen LogP contribution < -0.4 is 4.74 Å². The van der Waals surface area contributed by atoms with Gasteiger partial charge in [0.25, 0.3) is 0 Å². The Morgan fingerprint density at radius 2 is 1.29 bits per heavy atom. The lowest BCUT2D eigenvalue weighted by Crippen LogP contribution is -2.29. The van der Waals surface area contributed by atoms with Crippen LogP contribution >= 0.6 is 0 Å². The van der Waals surface area contributed by atoms with Gasteiger partial charge in [-0.25, -0.2) is 17.9 Å². The molecule has 0 radical (unpaired) electrons. The maximum absolute atomic E-state index is 14.6. The summed E-state index contributed by atoms with van der Waals surface area (Å²) in [7, 11) is 0. The molecule has 0 saturated carbocycles. The molecule has 0 spiro atoms. The van der Waals surface area contributed by atoms with Crippen molar-refractivity contribution in [2.24, 2.45) is 0 Å². The SMILES string of the molecule is CCOc1ccc(C=Cc2ccc(-c3cc(F)c(C(F)(F)OC(F)(F)F)c(F)c3)c(F)c2)cc1. The van der Waals surface area contributed by atoms with Crippen LogP contribution in [0.5, 0.6) is 5.75 Å². The molecular weight excluding hydrogens is 472 g/mol. The Balaban J connectivity index is 1.85. The summed E-state index contributed by atoms with van der Waals surface area (Å²) in [6, 6.07) is 11.3. The molecule has 0 amide bonds. The third-order valence-electron chi connectivity index (χ3n) is 4.54. The summed E-state index contributed by atoms with van der Waals surface area (Å²) < 4.78 is 114. The van der Waals surface area contributed by atoms with Crippen molar-refractivity contribution >= 4 is 12.2 Å². The van der Waals surface area contributed by atoms with E-state index in [0.29, 0.717) is 30.1 Å². The van der Waals surface area contributed by atoms with E-state index in [0.717, 1.165) is 17.7 Å². The van der Waals surface area contributed by atoms with E-state index in [4.69, 9.17) is 4.74 Å². The second kappa shape index (κ2) is 9.84. The van der Waals surface area contributed by atoms with Gasteiger partial charge in [0.1, 0.15) is 28.8 Å². The van der Waals surface area contributed by atoms with Crippen LogP contribution in [-0.4, -0.2) is 13.0 Å². The number of benzene rings is 3. The molecule has 3 aromatic carbocycles. The number of ether oxygens (including phenoxy) is 2. The summed E-state index contributed by atoms with van der Waals surface area (Å²) in [5, 5.41) is 0. The van der Waals surface area contributed by atoms with E-state index in [1.54, 1.807) is 36.4 Å². The third-order valence-corrected chi connectivity index (χ3v) is 4.54. The molecule has 180 valence electrons. The van der Waals surface area contributed by atoms with E-state index in [-0.39, 0.29) is 5.56 Å². The normalized spacial score (nSPS) is 12.4. The van der Waals surface area contributed by atoms with Crippen LogP contribution in [-0.2, 0) is 10.8 Å². The fourth-order valence-corrected chi connectivity index (χ4v) is 3.11. The molecule has 10 heteroatoms. The highest BCUT2D eigenvalue weighted by molar-refractivity contribution is 5.73. The summed E-state index contributed by atoms with van der Waals surface area (Å²) in [4.78, 5) is 0. The van der Waals surface area contributed by atoms with E-state index < -0.39 is 41.0 Å². The Morgan fingerprint density at radius 3 is 1.82 bits per heavy atom. The predicted octanol–water partition coefficient (Wildman–Crippen LogP) is 7.93. The molecule has 0 fully saturated rings. The monoisotopic (exact) mass is 488 g/mol. The smallest absolute Gasteiger partial charge is 0.494 e. The molecule has 0 aliphatic heterocycles. The van der Waals surface area contributed by atoms with Crippen LogP contribution in [0.15, 0.2) is 54.6 Å². The Labute approximate surface area is 189 Å². The van der Waals surface area contributed by atoms with Gasteiger partial charge >= 0.3 is 12.5 Å². The molecule has 3 rings (SSSR count). The highest BCUT2D eigenvalue weighted by Crippen LogP contribution is 2.40. The standard InChI is InChI=1S/C24H16F8O2/c1-2-33-17-8-5-14(6-9-17)3-4-15-7-10-18(19(25)11-15)16-12-20(26)22(21(27)13-16)23(28,29)34-24(30,31)32/h3-13H,2H2,1H3. The second-order valence-electron chi connectivity index (χ2n) is 6.95. The molecule has 0 aromatic heterocycles. The molecule has 0 heterocycles. The van der Waals surface area contributed by atoms with Crippen LogP contribution in [0.4, 0.5) is 35.1 Å². The van der Waals surface area contributed by atoms with Crippen LogP contribution in [0, 0.1) is 17.5 Å². The maximum Gasteiger partial charge on any atom is 0.527 e. The van der Waals surface area contributed by atoms with Crippen molar-refractivity contribution in [3.63, 3.8) is 0 Å². The van der Waals surface area contributed by atoms with Crippen molar-refractivity contribution in [2.45, 2.75) is 19.4 Å². The van der Waals surface area contributed by atoms with Crippen molar-refractivity contribution in [1.82, 2.24) is 0 Å². The summed E-state index contributed by atoms with van der Waals surface area (Å²) in [6.07, 6.45) is -7.91. The van der Waals surface area contributed by atoms with Gasteiger partial charge in [-0.2, -0.15) is 8.78 Å². The number of alkyl halides is 5. The van der Waals surface area contributed by atoms with Crippen molar-refractivity contribution < 1.29 is 44.6 Å². The topological polar surface area (TPSA) is 18.5 Å². The lowest BCUT2D eigenvalue weighted by Gasteiger charge is -2.20. The van der Waals surface area contributed by atoms with Gasteiger partial charge in [-0.15, -0.1) is 13.2 Å². The molecule has 34 heavy (non-hydrogen) atoms. The second-order valence-corrected chi connectivity index (χ2v) is 6.95. The summed E-state index contributed by atoms with van der Waals surface area (Å²) in [5.41, 5.74) is -1.89. The number of halogens is 8. The molecule has 0 aliphatic carbocycles. The number of hydrogen-bond acceptors (Lipinski definition) is 2. The highest BCUT2D eigenvalue weighted by atomic mass is 19.4. The van der Waals surface area contributed by atoms with E-state index in [2.05, 4.69) is 4.74 Å². The molecule has 2 nitrogen and oxygen atoms in total. The van der Waals surface area contributed by atoms with E-state index in [1.165, 1.54) is 6.07 Å². The lowest BCUT2D eigenvalue weighted by atomic mass is 10.00. The average Bonchev–Trinajstić information content (AvgIpc) is 2.71. The van der Waals surface area contributed by atoms with E-state index in [9.17, 15) is 35.1 Å². The average molecular weight is 488 g/mol. The Hall–Kier alpha value is -3.40. The van der Waals surface area contributed by atoms with Crippen LogP contribution in [0.1, 0.15) is 23.6 Å². The molecule has 0 N–H and O–H groups in total. The molecule has 0 atom stereocenters. The predicted molar refractivity (Wildman–Crippen MR) is 109 cm³/mol. The lowest BCUT2D eigenvalue weighted by molar-refractivity contribution is -0.432. The summed E-state index contributed by atoms with van der Waals surface area (Å²) in [5.74, 6) is -4.30. The Bertz CT molecular complexity index is 1160. The zero-order valence-electron chi connectivity index (χ0n) is 17.4. The first kappa shape index (κ1) is 25.2. The zero-order valence-corrected chi connectivity index (χ0v) is 17.4. The number of rotatable bonds is 7. The van der Waals surface area contributed by atoms with Crippen molar-refractivity contribution in [2.75, 3.05) is 6.61 Å². The fourth-order valence-electron chi connectivity index (χ4n) is 3.11. The Kier molecular flexibility index (Phi) is 7.30. The zero-order chi connectivity index (χ0) is 25.1. The van der Waals surface area contributed by atoms with Gasteiger partial charge in [-0.1, -0.05) is 36.4 Å². The largest absolute Gasteiger partial charge is 0.527 e. The van der Waals surface area contributed by atoms with Gasteiger partial charge in [0, 0.05) is 5.56 Å². The number of hydrogen-bond donors (Lipinski definition) is 0. The third kappa shape index (κ3) is 6.13. The fraction of sp³-hybridized carbons (Fsp3) is 0.167. The maximum atomic E-state index is 14.6. The molecule has 0 saturated heterocycles. The first-order chi connectivity index (χ1) is 15.9. The van der Waals surface area contributed by atoms with Crippen LogP contribution in [0.25, 0.3) is 23.3 Å². The molecule has 0 unspecified atom stereocenters.